The standard InChI is InChI=1S/C27H20N6O4S/c1-36-23-5-3-2-4-18(23)19-12-28-29-13-20(19)25(35)32-27-31-22-11-10-21(30-26(22)38-27)16-6-8-17(9-7-16)33-15-37-14-24(33)34/h2-13H,14-15H2,1H3,(H,31,32,35). The summed E-state index contributed by atoms with van der Waals surface area (Å²) in [4.78, 5) is 36.7. The highest BCUT2D eigenvalue weighted by atomic mass is 32.1. The van der Waals surface area contributed by atoms with Crippen LogP contribution in [0.2, 0.25) is 0 Å². The fourth-order valence-electron chi connectivity index (χ4n) is 4.18. The lowest BCUT2D eigenvalue weighted by Crippen LogP contribution is -2.24. The third-order valence-electron chi connectivity index (χ3n) is 6.07. The van der Waals surface area contributed by atoms with E-state index in [2.05, 4.69) is 20.5 Å². The summed E-state index contributed by atoms with van der Waals surface area (Å²) in [6, 6.07) is 18.7. The van der Waals surface area contributed by atoms with Gasteiger partial charge in [-0.3, -0.25) is 19.8 Å². The van der Waals surface area contributed by atoms with E-state index < -0.39 is 0 Å². The van der Waals surface area contributed by atoms with Crippen molar-refractivity contribution < 1.29 is 19.1 Å². The van der Waals surface area contributed by atoms with Crippen LogP contribution in [0, 0.1) is 0 Å². The zero-order valence-corrected chi connectivity index (χ0v) is 20.9. The highest BCUT2D eigenvalue weighted by molar-refractivity contribution is 7.22. The highest BCUT2D eigenvalue weighted by Crippen LogP contribution is 2.33. The predicted molar refractivity (Wildman–Crippen MR) is 143 cm³/mol. The van der Waals surface area contributed by atoms with Crippen molar-refractivity contribution in [3.63, 3.8) is 0 Å². The molecule has 1 N–H and O–H groups in total. The molecular formula is C27H20N6O4S. The number of benzene rings is 2. The first-order valence-corrected chi connectivity index (χ1v) is 12.4. The van der Waals surface area contributed by atoms with Gasteiger partial charge in [0.25, 0.3) is 11.8 Å². The number of aromatic nitrogens is 4. The fourth-order valence-corrected chi connectivity index (χ4v) is 5.02. The molecular weight excluding hydrogens is 504 g/mol. The van der Waals surface area contributed by atoms with E-state index in [0.29, 0.717) is 32.4 Å². The van der Waals surface area contributed by atoms with Gasteiger partial charge in [-0.1, -0.05) is 41.7 Å². The largest absolute Gasteiger partial charge is 0.496 e. The molecule has 38 heavy (non-hydrogen) atoms. The molecule has 1 aliphatic heterocycles. The number of nitrogens with one attached hydrogen (secondary N) is 1. The smallest absolute Gasteiger partial charge is 0.259 e. The van der Waals surface area contributed by atoms with Gasteiger partial charge < -0.3 is 9.47 Å². The quantitative estimate of drug-likeness (QED) is 0.347. The maximum atomic E-state index is 13.2. The van der Waals surface area contributed by atoms with Crippen LogP contribution in [0.5, 0.6) is 5.75 Å². The van der Waals surface area contributed by atoms with Gasteiger partial charge in [-0.15, -0.1) is 0 Å². The van der Waals surface area contributed by atoms with Crippen molar-refractivity contribution in [1.82, 2.24) is 20.2 Å². The summed E-state index contributed by atoms with van der Waals surface area (Å²) in [5.41, 5.74) is 4.78. The lowest BCUT2D eigenvalue weighted by Gasteiger charge is -2.14. The molecule has 5 aromatic rings. The minimum absolute atomic E-state index is 0.0610. The van der Waals surface area contributed by atoms with Crippen LogP contribution in [-0.2, 0) is 9.53 Å². The summed E-state index contributed by atoms with van der Waals surface area (Å²) in [6.45, 7) is 0.358. The third kappa shape index (κ3) is 4.44. The molecule has 0 atom stereocenters. The third-order valence-corrected chi connectivity index (χ3v) is 6.95. The van der Waals surface area contributed by atoms with E-state index >= 15 is 0 Å². The van der Waals surface area contributed by atoms with E-state index in [1.165, 1.54) is 23.7 Å². The Hall–Kier alpha value is -4.74. The molecule has 2 aromatic carbocycles. The lowest BCUT2D eigenvalue weighted by molar-refractivity contribution is -0.117. The number of para-hydroxylation sites is 1. The molecule has 0 saturated carbocycles. The van der Waals surface area contributed by atoms with Gasteiger partial charge in [-0.25, -0.2) is 9.97 Å². The Morgan fingerprint density at radius 2 is 1.82 bits per heavy atom. The number of thiazole rings is 1. The number of rotatable bonds is 6. The van der Waals surface area contributed by atoms with Crippen LogP contribution < -0.4 is 15.0 Å². The molecule has 0 unspecified atom stereocenters. The van der Waals surface area contributed by atoms with Crippen molar-refractivity contribution >= 4 is 44.3 Å². The van der Waals surface area contributed by atoms with Gasteiger partial charge in [0.2, 0.25) is 0 Å². The molecule has 6 rings (SSSR count). The Bertz CT molecular complexity index is 1670. The molecule has 2 amide bonds. The zero-order valence-electron chi connectivity index (χ0n) is 20.1. The first-order valence-electron chi connectivity index (χ1n) is 11.6. The van der Waals surface area contributed by atoms with E-state index in [1.807, 2.05) is 60.7 Å². The van der Waals surface area contributed by atoms with Crippen LogP contribution in [0.1, 0.15) is 10.4 Å². The summed E-state index contributed by atoms with van der Waals surface area (Å²) < 4.78 is 10.7. The van der Waals surface area contributed by atoms with Crippen LogP contribution in [-0.4, -0.2) is 52.4 Å². The summed E-state index contributed by atoms with van der Waals surface area (Å²) in [5.74, 6) is 0.199. The van der Waals surface area contributed by atoms with E-state index in [4.69, 9.17) is 14.5 Å². The molecule has 1 fully saturated rings. The van der Waals surface area contributed by atoms with Gasteiger partial charge in [-0.2, -0.15) is 10.2 Å². The average molecular weight is 525 g/mol. The number of hydrogen-bond donors (Lipinski definition) is 1. The van der Waals surface area contributed by atoms with Crippen molar-refractivity contribution in [2.75, 3.05) is 30.7 Å². The van der Waals surface area contributed by atoms with Gasteiger partial charge in [0, 0.05) is 22.4 Å². The number of amides is 2. The fraction of sp³-hybridized carbons (Fsp3) is 0.111. The first kappa shape index (κ1) is 23.6. The molecule has 0 spiro atoms. The second-order valence-electron chi connectivity index (χ2n) is 8.36. The minimum atomic E-state index is -0.365. The number of carbonyl (C=O) groups excluding carboxylic acids is 2. The monoisotopic (exact) mass is 524 g/mol. The van der Waals surface area contributed by atoms with Crippen molar-refractivity contribution in [2.24, 2.45) is 0 Å². The number of hydrogen-bond acceptors (Lipinski definition) is 9. The van der Waals surface area contributed by atoms with E-state index in [-0.39, 0.29) is 25.2 Å². The number of fused-ring (bicyclic) bond motifs is 1. The van der Waals surface area contributed by atoms with E-state index in [0.717, 1.165) is 22.5 Å². The zero-order chi connectivity index (χ0) is 26.1. The Labute approximate surface area is 220 Å². The van der Waals surface area contributed by atoms with Crippen LogP contribution in [0.4, 0.5) is 10.8 Å². The van der Waals surface area contributed by atoms with Crippen molar-refractivity contribution in [1.29, 1.82) is 0 Å². The predicted octanol–water partition coefficient (Wildman–Crippen LogP) is 4.40. The topological polar surface area (TPSA) is 119 Å². The van der Waals surface area contributed by atoms with Crippen LogP contribution in [0.25, 0.3) is 32.7 Å². The van der Waals surface area contributed by atoms with Gasteiger partial charge in [0.15, 0.2) is 5.13 Å². The van der Waals surface area contributed by atoms with Gasteiger partial charge in [-0.05, 0) is 30.3 Å². The van der Waals surface area contributed by atoms with Crippen molar-refractivity contribution in [2.45, 2.75) is 0 Å². The molecule has 11 heteroatoms. The number of anilines is 2. The van der Waals surface area contributed by atoms with Gasteiger partial charge >= 0.3 is 0 Å². The molecule has 188 valence electrons. The molecule has 0 radical (unpaired) electrons. The Morgan fingerprint density at radius 3 is 2.61 bits per heavy atom. The summed E-state index contributed by atoms with van der Waals surface area (Å²) in [5, 5.41) is 11.1. The molecule has 0 aliphatic carbocycles. The number of methoxy groups -OCH3 is 1. The number of ether oxygens (including phenoxy) is 2. The average Bonchev–Trinajstić information content (AvgIpc) is 3.57. The molecule has 0 bridgehead atoms. The number of nitrogens with zero attached hydrogens (tertiary/aromatic N) is 5. The number of carbonyl (C=O) groups is 2. The Kier molecular flexibility index (Phi) is 6.20. The van der Waals surface area contributed by atoms with Crippen LogP contribution in [0.15, 0.2) is 73.1 Å². The Morgan fingerprint density at radius 1 is 1.00 bits per heavy atom. The maximum absolute atomic E-state index is 13.2. The molecule has 10 nitrogen and oxygen atoms in total. The van der Waals surface area contributed by atoms with E-state index in [1.54, 1.807) is 12.0 Å². The SMILES string of the molecule is COc1ccccc1-c1cnncc1C(=O)Nc1nc2ccc(-c3ccc(N4COCC4=O)cc3)nc2s1. The lowest BCUT2D eigenvalue weighted by atomic mass is 10.0. The van der Waals surface area contributed by atoms with Gasteiger partial charge in [0.1, 0.15) is 29.4 Å². The van der Waals surface area contributed by atoms with Crippen LogP contribution in [0.3, 0.4) is 0 Å². The Balaban J connectivity index is 1.24. The van der Waals surface area contributed by atoms with Crippen LogP contribution >= 0.6 is 11.3 Å². The van der Waals surface area contributed by atoms with E-state index in [9.17, 15) is 9.59 Å². The molecule has 1 aliphatic rings. The summed E-state index contributed by atoms with van der Waals surface area (Å²) in [6.07, 6.45) is 2.96. The first-order chi connectivity index (χ1) is 18.6. The normalized spacial score (nSPS) is 13.2. The second-order valence-corrected chi connectivity index (χ2v) is 9.33. The highest BCUT2D eigenvalue weighted by Gasteiger charge is 2.22. The van der Waals surface area contributed by atoms with Crippen molar-refractivity contribution in [3.8, 4) is 28.1 Å². The maximum Gasteiger partial charge on any atom is 0.259 e. The summed E-state index contributed by atoms with van der Waals surface area (Å²) in [7, 11) is 1.58. The summed E-state index contributed by atoms with van der Waals surface area (Å²) >= 11 is 1.28. The molecule has 3 aromatic heterocycles. The second kappa shape index (κ2) is 9.96. The van der Waals surface area contributed by atoms with Gasteiger partial charge in [0.05, 0.1) is 30.8 Å². The molecule has 1 saturated heterocycles. The number of pyridine rings is 1. The van der Waals surface area contributed by atoms with Crippen molar-refractivity contribution in [3.05, 3.63) is 78.6 Å². The molecule has 4 heterocycles. The minimum Gasteiger partial charge on any atom is -0.496 e.